The molecule has 1 unspecified atom stereocenters. The zero-order valence-corrected chi connectivity index (χ0v) is 11.3. The molecule has 1 atom stereocenters. The average Bonchev–Trinajstić information content (AvgIpc) is 2.34. The first kappa shape index (κ1) is 21.2. The number of nitrogens with zero attached hydrogens (tertiary/aromatic N) is 2. The van der Waals surface area contributed by atoms with Gasteiger partial charge in [-0.3, -0.25) is 4.79 Å². The van der Waals surface area contributed by atoms with Crippen LogP contribution in [0.25, 0.3) is 0 Å². The Morgan fingerprint density at radius 2 is 1.48 bits per heavy atom. The number of hydroxylamine groups is 1. The number of carbonyl (C=O) groups is 1. The predicted molar refractivity (Wildman–Crippen MR) is 56.2 cm³/mol. The summed E-state index contributed by atoms with van der Waals surface area (Å²) in [7, 11) is 0. The van der Waals surface area contributed by atoms with Gasteiger partial charge in [0.25, 0.3) is 0 Å². The molecular weight excluding hydrogens is 351 g/mol. The van der Waals surface area contributed by atoms with E-state index in [9.17, 15) is 49.5 Å². The molecule has 0 rings (SSSR count). The van der Waals surface area contributed by atoms with Crippen LogP contribution in [0.1, 0.15) is 13.8 Å². The number of allylic oxidation sites excluding steroid dienone is 1. The summed E-state index contributed by atoms with van der Waals surface area (Å²) in [4.78, 5) is 9.87. The highest BCUT2D eigenvalue weighted by atomic mass is 19.4. The molecule has 0 aromatic rings. The number of azo groups is 1. The molecule has 0 aliphatic heterocycles. The lowest BCUT2D eigenvalue weighted by Gasteiger charge is -2.31. The number of Topliss-reactive ketones (excluding diaryl/α,β-unsaturated/α-hetero) is 1. The number of carbonyl (C=O) groups excluding carboxylic acids is 1. The molecule has 134 valence electrons. The van der Waals surface area contributed by atoms with E-state index in [1.165, 1.54) is 0 Å². The van der Waals surface area contributed by atoms with E-state index in [2.05, 4.69) is 5.11 Å². The second-order valence-electron chi connectivity index (χ2n) is 4.29. The Balaban J connectivity index is 5.57. The smallest absolute Gasteiger partial charge is 0.460 e. The van der Waals surface area contributed by atoms with Gasteiger partial charge in [0.15, 0.2) is 11.8 Å². The van der Waals surface area contributed by atoms with E-state index in [0.717, 1.165) is 13.8 Å². The van der Waals surface area contributed by atoms with Crippen LogP contribution in [-0.4, -0.2) is 40.6 Å². The number of ketones is 1. The zero-order chi connectivity index (χ0) is 18.9. The summed E-state index contributed by atoms with van der Waals surface area (Å²) >= 11 is 0. The lowest BCUT2D eigenvalue weighted by Crippen LogP contribution is -2.60. The van der Waals surface area contributed by atoms with Crippen LogP contribution >= 0.6 is 0 Å². The lowest BCUT2D eigenvalue weighted by molar-refractivity contribution is -0.462. The first-order valence-electron chi connectivity index (χ1n) is 5.54. The maximum atomic E-state index is 13.0. The molecule has 0 fully saturated rings. The zero-order valence-electron chi connectivity index (χ0n) is 11.3. The van der Waals surface area contributed by atoms with Crippen LogP contribution in [0, 0.1) is 5.21 Å². The van der Waals surface area contributed by atoms with Crippen LogP contribution in [0.3, 0.4) is 0 Å². The van der Waals surface area contributed by atoms with Crippen molar-refractivity contribution in [2.45, 2.75) is 43.8 Å². The van der Waals surface area contributed by atoms with Crippen molar-refractivity contribution in [1.82, 2.24) is 0 Å². The van der Waals surface area contributed by atoms with Crippen molar-refractivity contribution in [1.29, 1.82) is 0 Å². The van der Waals surface area contributed by atoms with Gasteiger partial charge in [0, 0.05) is 0 Å². The Morgan fingerprint density at radius 3 is 1.83 bits per heavy atom. The maximum Gasteiger partial charge on any atom is 0.460 e. The normalized spacial score (nSPS) is 16.7. The van der Waals surface area contributed by atoms with Gasteiger partial charge < -0.3 is 5.21 Å². The minimum absolute atomic E-state index is 0.500. The molecule has 0 aromatic carbocycles. The predicted octanol–water partition coefficient (Wildman–Crippen LogP) is 3.91. The fraction of sp³-hybridized carbons (Fsp3) is 0.700. The average molecular weight is 360 g/mol. The molecule has 0 aromatic heterocycles. The molecule has 0 saturated carbocycles. The van der Waals surface area contributed by atoms with Crippen LogP contribution in [0.2, 0.25) is 0 Å². The fourth-order valence-corrected chi connectivity index (χ4v) is 0.940. The largest absolute Gasteiger partial charge is 0.595 e. The summed E-state index contributed by atoms with van der Waals surface area (Å²) < 4.78 is 112. The molecular formula is C10H9F9N2O2. The third-order valence-corrected chi connectivity index (χ3v) is 2.46. The molecule has 0 bridgehead atoms. The molecule has 0 saturated heterocycles. The maximum absolute atomic E-state index is 13.0. The number of rotatable bonds is 6. The van der Waals surface area contributed by atoms with E-state index >= 15 is 0 Å². The Kier molecular flexibility index (Phi) is 5.85. The third-order valence-electron chi connectivity index (χ3n) is 2.46. The quantitative estimate of drug-likeness (QED) is 0.312. The second-order valence-corrected chi connectivity index (χ2v) is 4.29. The van der Waals surface area contributed by atoms with Gasteiger partial charge >= 0.3 is 23.9 Å². The molecule has 4 nitrogen and oxygen atoms in total. The molecule has 0 spiro atoms. The molecule has 13 heteroatoms. The highest BCUT2D eigenvalue weighted by Gasteiger charge is 2.81. The van der Waals surface area contributed by atoms with E-state index in [1.807, 2.05) is 0 Å². The Morgan fingerprint density at radius 1 is 1.04 bits per heavy atom. The van der Waals surface area contributed by atoms with Crippen LogP contribution in [0.15, 0.2) is 17.4 Å². The number of hydrogen-bond acceptors (Lipinski definition) is 3. The molecule has 0 heterocycles. The van der Waals surface area contributed by atoms with Gasteiger partial charge in [0.2, 0.25) is 6.20 Å². The van der Waals surface area contributed by atoms with Crippen molar-refractivity contribution in [3.05, 3.63) is 17.5 Å². The molecule has 0 amide bonds. The van der Waals surface area contributed by atoms with Gasteiger partial charge in [0.1, 0.15) is 0 Å². The Labute approximate surface area is 122 Å². The summed E-state index contributed by atoms with van der Waals surface area (Å²) in [6, 6.07) is -1.37. The molecule has 0 radical (unpaired) electrons. The van der Waals surface area contributed by atoms with Gasteiger partial charge in [-0.05, 0) is 19.0 Å². The number of hydrogen-bond donors (Lipinski definition) is 0. The topological polar surface area (TPSA) is 55.5 Å². The van der Waals surface area contributed by atoms with Crippen LogP contribution in [0.5, 0.6) is 0 Å². The third kappa shape index (κ3) is 4.34. The van der Waals surface area contributed by atoms with Gasteiger partial charge in [-0.25, -0.2) is 0 Å². The Bertz CT molecular complexity index is 511. The summed E-state index contributed by atoms with van der Waals surface area (Å²) in [5.74, 6) is -20.7. The van der Waals surface area contributed by atoms with Crippen molar-refractivity contribution in [2.75, 3.05) is 0 Å². The van der Waals surface area contributed by atoms with Crippen molar-refractivity contribution in [3.63, 3.8) is 0 Å². The van der Waals surface area contributed by atoms with E-state index in [-0.39, 0.29) is 0 Å². The monoisotopic (exact) mass is 360 g/mol. The Hall–Kier alpha value is -1.82. The molecule has 0 aliphatic rings. The van der Waals surface area contributed by atoms with Crippen LogP contribution in [0.4, 0.5) is 39.5 Å². The summed E-state index contributed by atoms with van der Waals surface area (Å²) in [6.45, 7) is 1.96. The van der Waals surface area contributed by atoms with Gasteiger partial charge in [-0.1, -0.05) is 4.86 Å². The van der Waals surface area contributed by atoms with Gasteiger partial charge in [-0.15, -0.1) is 0 Å². The first-order chi connectivity index (χ1) is 9.97. The summed E-state index contributed by atoms with van der Waals surface area (Å²) in [6.07, 6.45) is -8.60. The van der Waals surface area contributed by atoms with Crippen molar-refractivity contribution < 1.29 is 49.2 Å². The molecule has 23 heavy (non-hydrogen) atoms. The lowest BCUT2D eigenvalue weighted by atomic mass is 10.0. The van der Waals surface area contributed by atoms with Crippen LogP contribution in [-0.2, 0) is 4.79 Å². The highest BCUT2D eigenvalue weighted by Crippen LogP contribution is 2.53. The van der Waals surface area contributed by atoms with E-state index in [4.69, 9.17) is 0 Å². The molecule has 0 N–H and O–H groups in total. The van der Waals surface area contributed by atoms with Crippen molar-refractivity contribution >= 4 is 5.78 Å². The van der Waals surface area contributed by atoms with Gasteiger partial charge in [0.05, 0.1) is 6.08 Å². The van der Waals surface area contributed by atoms with Gasteiger partial charge in [-0.2, -0.15) is 39.5 Å². The standard InChI is InChI=1S/C10H9F9N2O2/c1-5(6(2)22)20-21(23)4-3-7(11,12)8(13,14)9(15,16)10(17,18)19/h3-5H,1-2H3. The SMILES string of the molecule is CC(=O)C(C)N=[N+]([O-])C=CC(F)(F)C(F)(F)C(F)(F)C(F)(F)F. The van der Waals surface area contributed by atoms with E-state index in [1.54, 1.807) is 0 Å². The second kappa shape index (κ2) is 6.35. The summed E-state index contributed by atoms with van der Waals surface area (Å²) in [5, 5.41) is 13.7. The first-order valence-corrected chi connectivity index (χ1v) is 5.54. The van der Waals surface area contributed by atoms with Crippen molar-refractivity contribution in [3.8, 4) is 0 Å². The van der Waals surface area contributed by atoms with E-state index < -0.39 is 52.9 Å². The number of halogens is 9. The molecule has 0 aliphatic carbocycles. The van der Waals surface area contributed by atoms with Crippen molar-refractivity contribution in [2.24, 2.45) is 5.11 Å². The van der Waals surface area contributed by atoms with E-state index in [0.29, 0.717) is 0 Å². The summed E-state index contributed by atoms with van der Waals surface area (Å²) in [5.41, 5.74) is 0. The minimum atomic E-state index is -7.05. The minimum Gasteiger partial charge on any atom is -0.595 e. The fourth-order valence-electron chi connectivity index (χ4n) is 0.940. The van der Waals surface area contributed by atoms with Crippen LogP contribution < -0.4 is 0 Å². The highest BCUT2D eigenvalue weighted by molar-refractivity contribution is 5.80. The number of alkyl halides is 9.